The lowest BCUT2D eigenvalue weighted by Crippen LogP contribution is -2.30. The van der Waals surface area contributed by atoms with Crippen molar-refractivity contribution in [3.8, 4) is 0 Å². The van der Waals surface area contributed by atoms with Crippen LogP contribution in [0.4, 0.5) is 0 Å². The number of thioether (sulfide) groups is 1. The van der Waals surface area contributed by atoms with E-state index in [1.807, 2.05) is 24.8 Å². The Morgan fingerprint density at radius 2 is 1.87 bits per heavy atom. The molecular formula is C18H20ClNO2S. The molecule has 0 bridgehead atoms. The van der Waals surface area contributed by atoms with Crippen LogP contribution in [0.5, 0.6) is 0 Å². The Morgan fingerprint density at radius 3 is 2.65 bits per heavy atom. The first-order chi connectivity index (χ1) is 10.8. The number of carbonyl (C=O) groups excluding carboxylic acids is 1. The van der Waals surface area contributed by atoms with Crippen LogP contribution >= 0.6 is 24.2 Å². The van der Waals surface area contributed by atoms with E-state index in [1.165, 1.54) is 21.6 Å². The van der Waals surface area contributed by atoms with Gasteiger partial charge in [-0.1, -0.05) is 42.5 Å². The van der Waals surface area contributed by atoms with Crippen molar-refractivity contribution in [2.75, 3.05) is 13.2 Å². The first-order valence-corrected chi connectivity index (χ1v) is 8.46. The number of hydrogen-bond donors (Lipinski definition) is 1. The summed E-state index contributed by atoms with van der Waals surface area (Å²) in [4.78, 5) is 13.0. The van der Waals surface area contributed by atoms with Crippen LogP contribution in [-0.2, 0) is 15.3 Å². The molecule has 0 saturated heterocycles. The van der Waals surface area contributed by atoms with Crippen molar-refractivity contribution in [3.63, 3.8) is 0 Å². The minimum Gasteiger partial charge on any atom is -0.465 e. The standard InChI is InChI=1S/C18H19NO2S.ClH/c1-2-21-17(20)11-19-18-14-8-4-3-7-13(14)12-22-16-10-6-5-9-15(16)18;/h3-10,18-19H,2,11-12H2,1H3;1H. The largest absolute Gasteiger partial charge is 0.465 e. The SMILES string of the molecule is CCOC(=O)CNC1c2ccccc2CSc2ccccc21.Cl. The van der Waals surface area contributed by atoms with Gasteiger partial charge in [0, 0.05) is 10.6 Å². The average molecular weight is 350 g/mol. The van der Waals surface area contributed by atoms with Crippen molar-refractivity contribution < 1.29 is 9.53 Å². The molecule has 0 aromatic heterocycles. The number of rotatable bonds is 4. The molecule has 1 aliphatic heterocycles. The predicted molar refractivity (Wildman–Crippen MR) is 96.2 cm³/mol. The van der Waals surface area contributed by atoms with Gasteiger partial charge in [-0.25, -0.2) is 0 Å². The summed E-state index contributed by atoms with van der Waals surface area (Å²) in [6.07, 6.45) is 0. The number of benzene rings is 2. The molecule has 1 aliphatic rings. The fourth-order valence-electron chi connectivity index (χ4n) is 2.74. The maximum atomic E-state index is 11.7. The van der Waals surface area contributed by atoms with Gasteiger partial charge >= 0.3 is 5.97 Å². The van der Waals surface area contributed by atoms with E-state index in [0.29, 0.717) is 6.61 Å². The molecule has 0 amide bonds. The van der Waals surface area contributed by atoms with Gasteiger partial charge in [0.15, 0.2) is 0 Å². The van der Waals surface area contributed by atoms with Crippen molar-refractivity contribution in [1.82, 2.24) is 5.32 Å². The monoisotopic (exact) mass is 349 g/mol. The fraction of sp³-hybridized carbons (Fsp3) is 0.278. The zero-order valence-electron chi connectivity index (χ0n) is 13.0. The first-order valence-electron chi connectivity index (χ1n) is 7.48. The molecule has 1 N–H and O–H groups in total. The number of esters is 1. The molecule has 0 fully saturated rings. The molecule has 2 aromatic rings. The Balaban J connectivity index is 0.00000192. The molecule has 122 valence electrons. The summed E-state index contributed by atoms with van der Waals surface area (Å²) < 4.78 is 5.03. The van der Waals surface area contributed by atoms with Gasteiger partial charge in [0.25, 0.3) is 0 Å². The Hall–Kier alpha value is -1.49. The summed E-state index contributed by atoms with van der Waals surface area (Å²) in [5.41, 5.74) is 3.77. The number of ether oxygens (including phenoxy) is 1. The fourth-order valence-corrected chi connectivity index (χ4v) is 3.84. The lowest BCUT2D eigenvalue weighted by molar-refractivity contribution is -0.142. The summed E-state index contributed by atoms with van der Waals surface area (Å²) in [5, 5.41) is 3.37. The number of nitrogens with one attached hydrogen (secondary N) is 1. The summed E-state index contributed by atoms with van der Waals surface area (Å²) >= 11 is 1.84. The molecule has 0 saturated carbocycles. The van der Waals surface area contributed by atoms with Crippen LogP contribution < -0.4 is 5.32 Å². The molecule has 0 spiro atoms. The lowest BCUT2D eigenvalue weighted by atomic mass is 9.95. The van der Waals surface area contributed by atoms with E-state index in [4.69, 9.17) is 4.74 Å². The van der Waals surface area contributed by atoms with E-state index in [1.54, 1.807) is 0 Å². The quantitative estimate of drug-likeness (QED) is 0.848. The van der Waals surface area contributed by atoms with Crippen LogP contribution in [-0.4, -0.2) is 19.1 Å². The van der Waals surface area contributed by atoms with Gasteiger partial charge in [0.1, 0.15) is 0 Å². The zero-order chi connectivity index (χ0) is 15.4. The van der Waals surface area contributed by atoms with Crippen LogP contribution in [0.2, 0.25) is 0 Å². The Bertz CT molecular complexity index is 630. The highest BCUT2D eigenvalue weighted by atomic mass is 35.5. The van der Waals surface area contributed by atoms with Crippen LogP contribution in [0.1, 0.15) is 29.7 Å². The van der Waals surface area contributed by atoms with E-state index in [9.17, 15) is 4.79 Å². The summed E-state index contributed by atoms with van der Waals surface area (Å²) in [6.45, 7) is 2.45. The van der Waals surface area contributed by atoms with Gasteiger partial charge in [-0.05, 0) is 29.7 Å². The molecule has 3 nitrogen and oxygen atoms in total. The molecule has 1 heterocycles. The predicted octanol–water partition coefficient (Wildman–Crippen LogP) is 3.96. The number of carbonyl (C=O) groups is 1. The van der Waals surface area contributed by atoms with Crippen molar-refractivity contribution in [3.05, 3.63) is 65.2 Å². The summed E-state index contributed by atoms with van der Waals surface area (Å²) in [6, 6.07) is 16.8. The normalized spacial score (nSPS) is 15.6. The third-order valence-corrected chi connectivity index (χ3v) is 4.87. The number of halogens is 1. The van der Waals surface area contributed by atoms with Crippen molar-refractivity contribution in [1.29, 1.82) is 0 Å². The molecule has 1 unspecified atom stereocenters. The molecule has 0 radical (unpaired) electrons. The minimum atomic E-state index is -0.214. The van der Waals surface area contributed by atoms with Gasteiger partial charge in [-0.3, -0.25) is 10.1 Å². The highest BCUT2D eigenvalue weighted by molar-refractivity contribution is 7.98. The van der Waals surface area contributed by atoms with Crippen LogP contribution in [0.25, 0.3) is 0 Å². The Labute approximate surface area is 147 Å². The van der Waals surface area contributed by atoms with Gasteiger partial charge in [-0.15, -0.1) is 24.2 Å². The lowest BCUT2D eigenvalue weighted by Gasteiger charge is -2.21. The second-order valence-corrected chi connectivity index (χ2v) is 6.16. The van der Waals surface area contributed by atoms with E-state index >= 15 is 0 Å². The van der Waals surface area contributed by atoms with Gasteiger partial charge in [0.05, 0.1) is 19.2 Å². The van der Waals surface area contributed by atoms with E-state index in [2.05, 4.69) is 47.8 Å². The second-order valence-electron chi connectivity index (χ2n) is 5.14. The molecule has 1 atom stereocenters. The highest BCUT2D eigenvalue weighted by Crippen LogP contribution is 2.39. The van der Waals surface area contributed by atoms with Gasteiger partial charge < -0.3 is 4.74 Å². The summed E-state index contributed by atoms with van der Waals surface area (Å²) in [5.74, 6) is 0.736. The second kappa shape index (κ2) is 8.39. The van der Waals surface area contributed by atoms with Crippen LogP contribution in [0.15, 0.2) is 53.4 Å². The van der Waals surface area contributed by atoms with Crippen molar-refractivity contribution in [2.45, 2.75) is 23.6 Å². The first kappa shape index (κ1) is 17.9. The van der Waals surface area contributed by atoms with E-state index in [-0.39, 0.29) is 31.0 Å². The number of fused-ring (bicyclic) bond motifs is 2. The Morgan fingerprint density at radius 1 is 1.17 bits per heavy atom. The van der Waals surface area contributed by atoms with Crippen LogP contribution in [0.3, 0.4) is 0 Å². The molecular weight excluding hydrogens is 330 g/mol. The molecule has 23 heavy (non-hydrogen) atoms. The Kier molecular flexibility index (Phi) is 6.51. The zero-order valence-corrected chi connectivity index (χ0v) is 14.6. The maximum absolute atomic E-state index is 11.7. The average Bonchev–Trinajstić information content (AvgIpc) is 2.70. The number of hydrogen-bond acceptors (Lipinski definition) is 4. The van der Waals surface area contributed by atoms with Crippen molar-refractivity contribution >= 4 is 30.1 Å². The molecule has 3 rings (SSSR count). The van der Waals surface area contributed by atoms with Crippen molar-refractivity contribution in [2.24, 2.45) is 0 Å². The third-order valence-electron chi connectivity index (χ3n) is 3.74. The molecule has 0 aliphatic carbocycles. The maximum Gasteiger partial charge on any atom is 0.319 e. The topological polar surface area (TPSA) is 38.3 Å². The van der Waals surface area contributed by atoms with Gasteiger partial charge in [0.2, 0.25) is 0 Å². The highest BCUT2D eigenvalue weighted by Gasteiger charge is 2.23. The van der Waals surface area contributed by atoms with Gasteiger partial charge in [-0.2, -0.15) is 0 Å². The minimum absolute atomic E-state index is 0. The third kappa shape index (κ3) is 4.08. The van der Waals surface area contributed by atoms with E-state index < -0.39 is 0 Å². The van der Waals surface area contributed by atoms with Crippen LogP contribution in [0, 0.1) is 0 Å². The smallest absolute Gasteiger partial charge is 0.319 e. The van der Waals surface area contributed by atoms with E-state index in [0.717, 1.165) is 5.75 Å². The summed E-state index contributed by atoms with van der Waals surface area (Å²) in [7, 11) is 0. The molecule has 5 heteroatoms. The molecule has 2 aromatic carbocycles.